The molecule has 0 radical (unpaired) electrons. The number of nitrogens with two attached hydrogens (primary N) is 1. The Labute approximate surface area is 327 Å². The number of alkyl halides is 1. The van der Waals surface area contributed by atoms with E-state index in [2.05, 4.69) is 42.7 Å². The van der Waals surface area contributed by atoms with Crippen molar-refractivity contribution in [3.8, 4) is 0 Å². The molecular weight excluding hydrogens is 797 g/mol. The van der Waals surface area contributed by atoms with E-state index >= 15 is 0 Å². The van der Waals surface area contributed by atoms with Crippen LogP contribution in [0.15, 0.2) is 24.3 Å². The minimum absolute atomic E-state index is 0.0129. The van der Waals surface area contributed by atoms with Gasteiger partial charge in [0.05, 0.1) is 71.1 Å². The first-order chi connectivity index (χ1) is 25.4. The highest BCUT2D eigenvalue weighted by atomic mass is 127. The minimum Gasteiger partial charge on any atom is -0.392 e. The van der Waals surface area contributed by atoms with Crippen LogP contribution in [-0.2, 0) is 42.7 Å². The fourth-order valence-electron chi connectivity index (χ4n) is 10.8. The van der Waals surface area contributed by atoms with Crippen molar-refractivity contribution in [2.24, 2.45) is 17.6 Å². The minimum atomic E-state index is -0.971. The van der Waals surface area contributed by atoms with Gasteiger partial charge in [0.25, 0.3) is 0 Å². The summed E-state index contributed by atoms with van der Waals surface area (Å²) in [7, 11) is 1.65. The lowest BCUT2D eigenvalue weighted by atomic mass is 9.81. The van der Waals surface area contributed by atoms with Crippen molar-refractivity contribution in [1.82, 2.24) is 0 Å². The van der Waals surface area contributed by atoms with Gasteiger partial charge in [0.15, 0.2) is 5.79 Å². The van der Waals surface area contributed by atoms with E-state index in [1.807, 2.05) is 0 Å². The SMILES string of the molecule is C=C1C[C@@H]2CC[C@]34C[C@@H](O)C(O3)[C@@H]3O[C@H]5CC[C@H](CC(=O)C[C@@H]6[C@@H](OC)[C@@H](C[C@H](O)CN)O[C@H]6C[C@H]6O[C@@H](CC[C@@H]1O2)C[C@@H](C)C6=C)O[C@@H]5[C@H](O4)[C@@H]3I. The topological polar surface area (TPSA) is 157 Å². The number of fused-ring (bicyclic) bond motifs is 9. The van der Waals surface area contributed by atoms with Crippen LogP contribution in [0.1, 0.15) is 90.4 Å². The maximum absolute atomic E-state index is 14.1. The van der Waals surface area contributed by atoms with Crippen LogP contribution in [0.5, 0.6) is 0 Å². The van der Waals surface area contributed by atoms with Crippen LogP contribution in [0.25, 0.3) is 0 Å². The van der Waals surface area contributed by atoms with Gasteiger partial charge in [0, 0.05) is 58.1 Å². The first-order valence-electron chi connectivity index (χ1n) is 20.2. The second kappa shape index (κ2) is 16.0. The standard InChI is InChI=1S/C40H60INO11/c1-19-11-24-5-7-29-20(2)12-26(47-29)9-10-40-17-28(45)36(52-40)38-34(41)39(53-40)37-30(51-38)8-6-25(49-37)13-22(43)14-27-32(16-31(48-24)21(19)3)50-33(35(27)46-4)15-23(44)18-42/h19,23-39,44-45H,2-3,5-18,42H2,1,4H3/t19-,23+,24+,25-,26+,27+,28-,29+,30+,31-,32+,33-,34-,35-,36?,37+,38-,39-,40+/m1/s1. The number of halogens is 1. The number of ketones is 1. The third kappa shape index (κ3) is 7.86. The molecule has 1 spiro atoms. The van der Waals surface area contributed by atoms with E-state index in [-0.39, 0.29) is 108 Å². The lowest BCUT2D eigenvalue weighted by Crippen LogP contribution is -2.63. The summed E-state index contributed by atoms with van der Waals surface area (Å²) in [4.78, 5) is 14.1. The molecule has 10 bridgehead atoms. The van der Waals surface area contributed by atoms with Crippen molar-refractivity contribution in [2.45, 2.75) is 192 Å². The largest absolute Gasteiger partial charge is 0.392 e. The third-order valence-corrected chi connectivity index (χ3v) is 15.1. The molecule has 12 nitrogen and oxygen atoms in total. The van der Waals surface area contributed by atoms with Crippen LogP contribution < -0.4 is 5.73 Å². The van der Waals surface area contributed by atoms with Crippen molar-refractivity contribution in [1.29, 1.82) is 0 Å². The molecule has 0 aromatic heterocycles. The molecule has 53 heavy (non-hydrogen) atoms. The van der Waals surface area contributed by atoms with Crippen LogP contribution in [0.4, 0.5) is 0 Å². The molecule has 8 aliphatic rings. The maximum Gasteiger partial charge on any atom is 0.172 e. The van der Waals surface area contributed by atoms with Crippen molar-refractivity contribution in [3.05, 3.63) is 24.3 Å². The lowest BCUT2D eigenvalue weighted by Gasteiger charge is -2.49. The number of Topliss-reactive ketones (excluding diaryl/α,β-unsaturated/α-hetero) is 1. The van der Waals surface area contributed by atoms with Crippen molar-refractivity contribution < 1.29 is 52.9 Å². The summed E-state index contributed by atoms with van der Waals surface area (Å²) in [6.07, 6.45) is 2.99. The Morgan fingerprint density at radius 3 is 2.43 bits per heavy atom. The van der Waals surface area contributed by atoms with Crippen molar-refractivity contribution >= 4 is 28.4 Å². The number of carbonyl (C=O) groups excluding carboxylic acids is 1. The highest BCUT2D eigenvalue weighted by Gasteiger charge is 2.62. The van der Waals surface area contributed by atoms with E-state index in [9.17, 15) is 15.0 Å². The van der Waals surface area contributed by atoms with E-state index < -0.39 is 30.2 Å². The Hall–Kier alpha value is -0.560. The predicted octanol–water partition coefficient (Wildman–Crippen LogP) is 3.84. The number of rotatable bonds is 4. The molecule has 19 atom stereocenters. The molecule has 8 fully saturated rings. The summed E-state index contributed by atoms with van der Waals surface area (Å²) in [6.45, 7) is 11.2. The Kier molecular flexibility index (Phi) is 11.9. The van der Waals surface area contributed by atoms with Crippen LogP contribution in [-0.4, -0.2) is 131 Å². The summed E-state index contributed by atoms with van der Waals surface area (Å²) in [5.74, 6) is -0.856. The second-order valence-corrected chi connectivity index (χ2v) is 18.7. The Morgan fingerprint density at radius 2 is 1.64 bits per heavy atom. The smallest absolute Gasteiger partial charge is 0.172 e. The number of aliphatic hydroxyl groups excluding tert-OH is 2. The number of methoxy groups -OCH3 is 1. The number of aliphatic hydroxyl groups is 2. The Bertz CT molecular complexity index is 1370. The number of ether oxygens (including phenoxy) is 8. The number of carbonyl (C=O) groups is 1. The normalized spacial score (nSPS) is 51.1. The van der Waals surface area contributed by atoms with E-state index in [0.717, 1.165) is 49.7 Å². The summed E-state index contributed by atoms with van der Waals surface area (Å²) in [5, 5.41) is 21.8. The summed E-state index contributed by atoms with van der Waals surface area (Å²) < 4.78 is 53.2. The average molecular weight is 858 g/mol. The van der Waals surface area contributed by atoms with Gasteiger partial charge < -0.3 is 53.8 Å². The molecule has 0 aromatic rings. The summed E-state index contributed by atoms with van der Waals surface area (Å²) in [5.41, 5.74) is 7.96. The van der Waals surface area contributed by atoms with Gasteiger partial charge in [-0.2, -0.15) is 0 Å². The van der Waals surface area contributed by atoms with Crippen molar-refractivity contribution in [2.75, 3.05) is 13.7 Å². The van der Waals surface area contributed by atoms with Crippen LogP contribution in [0.3, 0.4) is 0 Å². The fraction of sp³-hybridized carbons (Fsp3) is 0.875. The van der Waals surface area contributed by atoms with E-state index in [1.54, 1.807) is 7.11 Å². The second-order valence-electron chi connectivity index (χ2n) is 17.3. The summed E-state index contributed by atoms with van der Waals surface area (Å²) in [6, 6.07) is 0. The lowest BCUT2D eigenvalue weighted by molar-refractivity contribution is -0.274. The van der Waals surface area contributed by atoms with Gasteiger partial charge >= 0.3 is 0 Å². The fourth-order valence-corrected chi connectivity index (χ4v) is 11.9. The van der Waals surface area contributed by atoms with Crippen molar-refractivity contribution in [3.63, 3.8) is 0 Å². The Morgan fingerprint density at radius 1 is 0.887 bits per heavy atom. The molecule has 0 aliphatic carbocycles. The van der Waals surface area contributed by atoms with Gasteiger partial charge in [0.2, 0.25) is 0 Å². The quantitative estimate of drug-likeness (QED) is 0.214. The predicted molar refractivity (Wildman–Crippen MR) is 201 cm³/mol. The molecule has 0 aromatic carbocycles. The molecule has 0 amide bonds. The molecule has 0 saturated carbocycles. The van der Waals surface area contributed by atoms with E-state index in [1.165, 1.54) is 0 Å². The molecule has 13 heteroatoms. The molecule has 8 saturated heterocycles. The van der Waals surface area contributed by atoms with Gasteiger partial charge in [-0.25, -0.2) is 0 Å². The monoisotopic (exact) mass is 857 g/mol. The molecule has 1 unspecified atom stereocenters. The molecule has 8 rings (SSSR count). The van der Waals surface area contributed by atoms with Gasteiger partial charge in [-0.05, 0) is 62.0 Å². The van der Waals surface area contributed by atoms with Gasteiger partial charge in [-0.1, -0.05) is 42.7 Å². The van der Waals surface area contributed by atoms with E-state index in [0.29, 0.717) is 32.1 Å². The maximum atomic E-state index is 14.1. The number of hydrogen-bond acceptors (Lipinski definition) is 12. The first kappa shape index (κ1) is 39.3. The number of hydrogen-bond donors (Lipinski definition) is 3. The van der Waals surface area contributed by atoms with Gasteiger partial charge in [-0.3, -0.25) is 4.79 Å². The highest BCUT2D eigenvalue weighted by Crippen LogP contribution is 2.51. The molecule has 8 aliphatic heterocycles. The molecule has 8 heterocycles. The van der Waals surface area contributed by atoms with Crippen LogP contribution >= 0.6 is 22.6 Å². The molecule has 4 N–H and O–H groups in total. The molecular formula is C40H60INO11. The van der Waals surface area contributed by atoms with Crippen LogP contribution in [0, 0.1) is 11.8 Å². The summed E-state index contributed by atoms with van der Waals surface area (Å²) >= 11 is 2.39. The highest BCUT2D eigenvalue weighted by molar-refractivity contribution is 14.1. The third-order valence-electron chi connectivity index (χ3n) is 13.6. The zero-order valence-electron chi connectivity index (χ0n) is 31.2. The average Bonchev–Trinajstić information content (AvgIpc) is 3.75. The van der Waals surface area contributed by atoms with Gasteiger partial charge in [-0.15, -0.1) is 0 Å². The van der Waals surface area contributed by atoms with E-state index in [4.69, 9.17) is 43.6 Å². The molecule has 298 valence electrons. The zero-order chi connectivity index (χ0) is 37.2. The Balaban J connectivity index is 1.07. The van der Waals surface area contributed by atoms with Crippen LogP contribution in [0.2, 0.25) is 0 Å². The zero-order valence-corrected chi connectivity index (χ0v) is 33.4. The first-order valence-corrected chi connectivity index (χ1v) is 21.4. The van der Waals surface area contributed by atoms with Gasteiger partial charge in [0.1, 0.15) is 30.2 Å².